The average molecular weight is 604 g/mol. The Kier molecular flexibility index (Phi) is 6.28. The van der Waals surface area contributed by atoms with E-state index < -0.39 is 53.5 Å². The first-order valence-corrected chi connectivity index (χ1v) is 12.8. The van der Waals surface area contributed by atoms with Crippen LogP contribution in [0.4, 0.5) is 38.1 Å². The highest BCUT2D eigenvalue weighted by Gasteiger charge is 2.61. The second-order valence-corrected chi connectivity index (χ2v) is 10.3. The summed E-state index contributed by atoms with van der Waals surface area (Å²) in [7, 11) is 0. The van der Waals surface area contributed by atoms with Crippen LogP contribution in [0.3, 0.4) is 0 Å². The summed E-state index contributed by atoms with van der Waals surface area (Å²) in [4.78, 5) is 31.6. The van der Waals surface area contributed by atoms with Crippen LogP contribution in [0.5, 0.6) is 0 Å². The van der Waals surface area contributed by atoms with Crippen LogP contribution in [-0.4, -0.2) is 39.3 Å². The van der Waals surface area contributed by atoms with Crippen molar-refractivity contribution in [1.29, 1.82) is 0 Å². The molecule has 0 radical (unpaired) electrons. The number of halogens is 6. The number of fused-ring (bicyclic) bond motifs is 2. The Morgan fingerprint density at radius 3 is 2.55 bits per heavy atom. The minimum absolute atomic E-state index is 0.00427. The van der Waals surface area contributed by atoms with E-state index in [4.69, 9.17) is 11.6 Å². The van der Waals surface area contributed by atoms with E-state index in [2.05, 4.69) is 15.6 Å². The standard InChI is InChI=1S/C28H19ClF5N5O3/c1-13-35-6-7-38(13)16-10-18-23(24(37-25(18)40)17-8-14(30)2-4-20(17)29)21(11-16)36-26(41)39-12-27(42,28(32,33)34)19-9-15(31)3-5-22(19)39/h2-11,24,42H,12H2,1H3,(H,36,41)(H,37,40)/t24-,27-/m0/s1. The third-order valence-electron chi connectivity index (χ3n) is 7.38. The highest BCUT2D eigenvalue weighted by Crippen LogP contribution is 2.49. The molecule has 2 aliphatic heterocycles. The molecule has 3 N–H and O–H groups in total. The topological polar surface area (TPSA) is 99.5 Å². The number of aromatic nitrogens is 2. The number of carbonyl (C=O) groups excluding carboxylic acids is 2. The molecule has 216 valence electrons. The van der Waals surface area contributed by atoms with E-state index in [-0.39, 0.29) is 33.1 Å². The first-order valence-electron chi connectivity index (χ1n) is 12.4. The predicted octanol–water partition coefficient (Wildman–Crippen LogP) is 5.75. The number of amides is 3. The van der Waals surface area contributed by atoms with Crippen molar-refractivity contribution in [3.05, 3.63) is 106 Å². The van der Waals surface area contributed by atoms with E-state index in [1.165, 1.54) is 24.4 Å². The van der Waals surface area contributed by atoms with Gasteiger partial charge in [0.05, 0.1) is 24.0 Å². The zero-order valence-corrected chi connectivity index (χ0v) is 22.2. The fourth-order valence-corrected chi connectivity index (χ4v) is 5.59. The summed E-state index contributed by atoms with van der Waals surface area (Å²) < 4.78 is 71.7. The Morgan fingerprint density at radius 2 is 1.86 bits per heavy atom. The van der Waals surface area contributed by atoms with Gasteiger partial charge < -0.3 is 20.3 Å². The molecule has 8 nitrogen and oxygen atoms in total. The lowest BCUT2D eigenvalue weighted by Crippen LogP contribution is -2.48. The molecule has 2 atom stereocenters. The summed E-state index contributed by atoms with van der Waals surface area (Å²) >= 11 is 6.34. The van der Waals surface area contributed by atoms with Gasteiger partial charge in [0.25, 0.3) is 5.91 Å². The molecule has 6 rings (SSSR count). The molecular weight excluding hydrogens is 585 g/mol. The lowest BCUT2D eigenvalue weighted by atomic mass is 9.95. The highest BCUT2D eigenvalue weighted by atomic mass is 35.5. The Labute approximate surface area is 239 Å². The molecule has 1 aromatic heterocycles. The normalized spacial score (nSPS) is 19.5. The number of aliphatic hydroxyl groups is 1. The summed E-state index contributed by atoms with van der Waals surface area (Å²) in [6.45, 7) is 0.444. The van der Waals surface area contributed by atoms with Crippen LogP contribution < -0.4 is 15.5 Å². The molecule has 2 aliphatic rings. The second-order valence-electron chi connectivity index (χ2n) is 9.91. The Balaban J connectivity index is 1.48. The van der Waals surface area contributed by atoms with Crippen molar-refractivity contribution in [3.8, 4) is 5.69 Å². The second kappa shape index (κ2) is 9.53. The zero-order chi connectivity index (χ0) is 30.1. The van der Waals surface area contributed by atoms with Gasteiger partial charge in [-0.15, -0.1) is 0 Å². The molecule has 0 bridgehead atoms. The van der Waals surface area contributed by atoms with E-state index in [9.17, 15) is 36.6 Å². The molecule has 3 aromatic carbocycles. The maximum atomic E-state index is 14.2. The first-order chi connectivity index (χ1) is 19.8. The van der Waals surface area contributed by atoms with Crippen molar-refractivity contribution in [2.75, 3.05) is 16.8 Å². The van der Waals surface area contributed by atoms with Crippen molar-refractivity contribution in [3.63, 3.8) is 0 Å². The number of nitrogens with zero attached hydrogens (tertiary/aromatic N) is 3. The van der Waals surface area contributed by atoms with Crippen molar-refractivity contribution >= 4 is 34.9 Å². The van der Waals surface area contributed by atoms with E-state index >= 15 is 0 Å². The molecule has 3 heterocycles. The van der Waals surface area contributed by atoms with E-state index in [1.54, 1.807) is 17.7 Å². The molecule has 0 aliphatic carbocycles. The maximum Gasteiger partial charge on any atom is 0.423 e. The van der Waals surface area contributed by atoms with E-state index in [0.717, 1.165) is 24.3 Å². The van der Waals surface area contributed by atoms with Gasteiger partial charge in [-0.3, -0.25) is 9.69 Å². The van der Waals surface area contributed by atoms with Crippen LogP contribution in [-0.2, 0) is 5.60 Å². The summed E-state index contributed by atoms with van der Waals surface area (Å²) in [6, 6.07) is 6.78. The lowest BCUT2D eigenvalue weighted by Gasteiger charge is -2.27. The van der Waals surface area contributed by atoms with Crippen molar-refractivity contribution in [2.45, 2.75) is 24.7 Å². The van der Waals surface area contributed by atoms with Gasteiger partial charge in [-0.1, -0.05) is 11.6 Å². The maximum absolute atomic E-state index is 14.2. The molecule has 3 amide bonds. The van der Waals surface area contributed by atoms with Gasteiger partial charge in [0, 0.05) is 45.4 Å². The van der Waals surface area contributed by atoms with Crippen LogP contribution in [0.25, 0.3) is 5.69 Å². The number of alkyl halides is 3. The number of aryl methyl sites for hydroxylation is 1. The lowest BCUT2D eigenvalue weighted by molar-refractivity contribution is -0.258. The van der Waals surface area contributed by atoms with Crippen LogP contribution >= 0.6 is 11.6 Å². The number of carbonyl (C=O) groups is 2. The molecule has 0 saturated carbocycles. The van der Waals surface area contributed by atoms with Gasteiger partial charge in [0.2, 0.25) is 5.60 Å². The number of hydrogen-bond donors (Lipinski definition) is 3. The van der Waals surface area contributed by atoms with Crippen LogP contribution in [0.15, 0.2) is 60.9 Å². The predicted molar refractivity (Wildman–Crippen MR) is 142 cm³/mol. The number of rotatable bonds is 3. The number of nitrogens with one attached hydrogen (secondary N) is 2. The fraction of sp³-hybridized carbons (Fsp3) is 0.179. The summed E-state index contributed by atoms with van der Waals surface area (Å²) in [6.07, 6.45) is -2.13. The van der Waals surface area contributed by atoms with Crippen LogP contribution in [0.1, 0.15) is 38.9 Å². The van der Waals surface area contributed by atoms with Gasteiger partial charge in [-0.25, -0.2) is 18.6 Å². The monoisotopic (exact) mass is 603 g/mol. The number of β-amino-alcohol motifs (C(OH)–C–C–N with tert-alkyl or cyclic N) is 1. The minimum atomic E-state index is -5.24. The Hall–Kier alpha value is -4.49. The zero-order valence-electron chi connectivity index (χ0n) is 21.4. The van der Waals surface area contributed by atoms with Crippen LogP contribution in [0.2, 0.25) is 5.02 Å². The largest absolute Gasteiger partial charge is 0.423 e. The smallest absolute Gasteiger partial charge is 0.375 e. The third kappa shape index (κ3) is 4.27. The summed E-state index contributed by atoms with van der Waals surface area (Å²) in [5, 5.41) is 16.0. The number of benzene rings is 3. The molecule has 0 spiro atoms. The van der Waals surface area contributed by atoms with E-state index in [1.807, 2.05) is 0 Å². The number of anilines is 2. The van der Waals surface area contributed by atoms with Gasteiger partial charge in [-0.05, 0) is 55.5 Å². The quantitative estimate of drug-likeness (QED) is 0.260. The Morgan fingerprint density at radius 1 is 1.14 bits per heavy atom. The van der Waals surface area contributed by atoms with Crippen LogP contribution in [0, 0.1) is 18.6 Å². The number of imidazole rings is 1. The van der Waals surface area contributed by atoms with Gasteiger partial charge in [-0.2, -0.15) is 13.2 Å². The van der Waals surface area contributed by atoms with Gasteiger partial charge in [0.1, 0.15) is 17.5 Å². The molecular formula is C28H19ClF5N5O3. The number of hydrogen-bond acceptors (Lipinski definition) is 4. The molecule has 0 saturated heterocycles. The summed E-state index contributed by atoms with van der Waals surface area (Å²) in [5.74, 6) is -1.71. The SMILES string of the molecule is Cc1nccn1-c1cc(NC(=O)N2C[C@@](O)(C(F)(F)F)c3cc(F)ccc32)c2c(c1)C(=O)N[C@H]2c1cc(F)ccc1Cl. The Bertz CT molecular complexity index is 1790. The van der Waals surface area contributed by atoms with E-state index in [0.29, 0.717) is 22.5 Å². The van der Waals surface area contributed by atoms with Crippen molar-refractivity contribution in [1.82, 2.24) is 14.9 Å². The minimum Gasteiger partial charge on any atom is -0.375 e. The van der Waals surface area contributed by atoms with Gasteiger partial charge in [0.15, 0.2) is 0 Å². The average Bonchev–Trinajstić information content (AvgIpc) is 3.59. The van der Waals surface area contributed by atoms with Crippen molar-refractivity contribution < 1.29 is 36.6 Å². The number of urea groups is 1. The third-order valence-corrected chi connectivity index (χ3v) is 7.73. The van der Waals surface area contributed by atoms with Gasteiger partial charge >= 0.3 is 12.2 Å². The van der Waals surface area contributed by atoms with Crippen molar-refractivity contribution in [2.24, 2.45) is 0 Å². The fourth-order valence-electron chi connectivity index (χ4n) is 5.36. The molecule has 0 unspecified atom stereocenters. The molecule has 0 fully saturated rings. The molecule has 42 heavy (non-hydrogen) atoms. The molecule has 14 heteroatoms. The summed E-state index contributed by atoms with van der Waals surface area (Å²) in [5.41, 5.74) is -3.87. The highest BCUT2D eigenvalue weighted by molar-refractivity contribution is 6.31. The first kappa shape index (κ1) is 27.7. The molecule has 4 aromatic rings.